The SMILES string of the molecule is CCc1c(CNC)cnn1-c1ccc(Cl)cc1. The van der Waals surface area contributed by atoms with E-state index in [2.05, 4.69) is 17.3 Å². The van der Waals surface area contributed by atoms with Crippen molar-refractivity contribution in [2.45, 2.75) is 19.9 Å². The molecule has 1 aromatic heterocycles. The summed E-state index contributed by atoms with van der Waals surface area (Å²) in [5.74, 6) is 0. The highest BCUT2D eigenvalue weighted by Crippen LogP contribution is 2.17. The van der Waals surface area contributed by atoms with Gasteiger partial charge in [-0.05, 0) is 37.7 Å². The molecule has 0 spiro atoms. The molecule has 1 heterocycles. The van der Waals surface area contributed by atoms with Crippen molar-refractivity contribution < 1.29 is 0 Å². The first-order chi connectivity index (χ1) is 8.26. The Bertz CT molecular complexity index is 488. The molecule has 0 bridgehead atoms. The van der Waals surface area contributed by atoms with E-state index in [0.717, 1.165) is 23.7 Å². The Kier molecular flexibility index (Phi) is 3.82. The van der Waals surface area contributed by atoms with Crippen LogP contribution in [0.15, 0.2) is 30.5 Å². The highest BCUT2D eigenvalue weighted by Gasteiger charge is 2.09. The molecular weight excluding hydrogens is 234 g/mol. The molecule has 0 atom stereocenters. The third-order valence-electron chi connectivity index (χ3n) is 2.73. The normalized spacial score (nSPS) is 10.8. The van der Waals surface area contributed by atoms with E-state index in [0.29, 0.717) is 0 Å². The van der Waals surface area contributed by atoms with Crippen LogP contribution >= 0.6 is 11.6 Å². The highest BCUT2D eigenvalue weighted by atomic mass is 35.5. The molecule has 1 N–H and O–H groups in total. The van der Waals surface area contributed by atoms with E-state index < -0.39 is 0 Å². The Labute approximate surface area is 106 Å². The molecule has 0 fully saturated rings. The molecule has 0 radical (unpaired) electrons. The molecule has 2 rings (SSSR count). The summed E-state index contributed by atoms with van der Waals surface area (Å²) in [6, 6.07) is 7.74. The number of nitrogens with one attached hydrogen (secondary N) is 1. The molecule has 90 valence electrons. The smallest absolute Gasteiger partial charge is 0.0649 e. The first kappa shape index (κ1) is 12.1. The van der Waals surface area contributed by atoms with Gasteiger partial charge in [0.2, 0.25) is 0 Å². The predicted molar refractivity (Wildman–Crippen MR) is 70.7 cm³/mol. The van der Waals surface area contributed by atoms with Crippen molar-refractivity contribution in [3.05, 3.63) is 46.7 Å². The van der Waals surface area contributed by atoms with Crippen molar-refractivity contribution >= 4 is 11.6 Å². The number of nitrogens with zero attached hydrogens (tertiary/aromatic N) is 2. The summed E-state index contributed by atoms with van der Waals surface area (Å²) in [4.78, 5) is 0. The number of hydrogen-bond acceptors (Lipinski definition) is 2. The summed E-state index contributed by atoms with van der Waals surface area (Å²) in [5, 5.41) is 8.34. The largest absolute Gasteiger partial charge is 0.316 e. The quantitative estimate of drug-likeness (QED) is 0.903. The molecule has 3 nitrogen and oxygen atoms in total. The van der Waals surface area contributed by atoms with E-state index in [4.69, 9.17) is 11.6 Å². The zero-order chi connectivity index (χ0) is 12.3. The zero-order valence-electron chi connectivity index (χ0n) is 10.1. The van der Waals surface area contributed by atoms with Crippen molar-refractivity contribution in [1.82, 2.24) is 15.1 Å². The average molecular weight is 250 g/mol. The fourth-order valence-corrected chi connectivity index (χ4v) is 2.05. The maximum Gasteiger partial charge on any atom is 0.0649 e. The second-order valence-corrected chi connectivity index (χ2v) is 4.33. The summed E-state index contributed by atoms with van der Waals surface area (Å²) >= 11 is 5.89. The maximum atomic E-state index is 5.89. The summed E-state index contributed by atoms with van der Waals surface area (Å²) in [7, 11) is 1.94. The molecular formula is C13H16ClN3. The molecule has 0 aliphatic carbocycles. The molecule has 17 heavy (non-hydrogen) atoms. The van der Waals surface area contributed by atoms with Crippen LogP contribution in [0.4, 0.5) is 0 Å². The van der Waals surface area contributed by atoms with E-state index in [1.807, 2.05) is 42.2 Å². The van der Waals surface area contributed by atoms with E-state index in [1.54, 1.807) is 0 Å². The van der Waals surface area contributed by atoms with Crippen molar-refractivity contribution in [3.63, 3.8) is 0 Å². The van der Waals surface area contributed by atoms with Gasteiger partial charge in [-0.2, -0.15) is 5.10 Å². The van der Waals surface area contributed by atoms with Gasteiger partial charge in [-0.1, -0.05) is 18.5 Å². The Morgan fingerprint density at radius 2 is 2.00 bits per heavy atom. The van der Waals surface area contributed by atoms with Crippen LogP contribution in [-0.2, 0) is 13.0 Å². The molecule has 0 aliphatic heterocycles. The topological polar surface area (TPSA) is 29.9 Å². The van der Waals surface area contributed by atoms with Crippen LogP contribution in [-0.4, -0.2) is 16.8 Å². The molecule has 4 heteroatoms. The lowest BCUT2D eigenvalue weighted by atomic mass is 10.2. The molecule has 0 saturated heterocycles. The van der Waals surface area contributed by atoms with Crippen LogP contribution in [0.3, 0.4) is 0 Å². The molecule has 0 amide bonds. The minimum absolute atomic E-state index is 0.745. The van der Waals surface area contributed by atoms with Crippen LogP contribution in [0.25, 0.3) is 5.69 Å². The Morgan fingerprint density at radius 3 is 2.59 bits per heavy atom. The van der Waals surface area contributed by atoms with Gasteiger partial charge in [0.15, 0.2) is 0 Å². The maximum absolute atomic E-state index is 5.89. The standard InChI is InChI=1S/C13H16ClN3/c1-3-13-10(8-15-2)9-16-17(13)12-6-4-11(14)5-7-12/h4-7,9,15H,3,8H2,1-2H3. The van der Waals surface area contributed by atoms with Crippen molar-refractivity contribution in [1.29, 1.82) is 0 Å². The lowest BCUT2D eigenvalue weighted by Gasteiger charge is -2.07. The van der Waals surface area contributed by atoms with Crippen molar-refractivity contribution in [2.75, 3.05) is 7.05 Å². The van der Waals surface area contributed by atoms with Gasteiger partial charge in [0, 0.05) is 22.8 Å². The van der Waals surface area contributed by atoms with Crippen LogP contribution in [0.2, 0.25) is 5.02 Å². The highest BCUT2D eigenvalue weighted by molar-refractivity contribution is 6.30. The Balaban J connectivity index is 2.41. The van der Waals surface area contributed by atoms with E-state index in [1.165, 1.54) is 11.3 Å². The number of benzene rings is 1. The monoisotopic (exact) mass is 249 g/mol. The first-order valence-corrected chi connectivity index (χ1v) is 6.10. The molecule has 0 aliphatic rings. The van der Waals surface area contributed by atoms with Gasteiger partial charge in [-0.25, -0.2) is 4.68 Å². The fourth-order valence-electron chi connectivity index (χ4n) is 1.93. The van der Waals surface area contributed by atoms with E-state index >= 15 is 0 Å². The molecule has 0 unspecified atom stereocenters. The van der Waals surface area contributed by atoms with Gasteiger partial charge >= 0.3 is 0 Å². The van der Waals surface area contributed by atoms with Crippen LogP contribution in [0.5, 0.6) is 0 Å². The Hall–Kier alpha value is -1.32. The van der Waals surface area contributed by atoms with Crippen molar-refractivity contribution in [3.8, 4) is 5.69 Å². The lowest BCUT2D eigenvalue weighted by molar-refractivity contribution is 0.779. The minimum atomic E-state index is 0.745. The van der Waals surface area contributed by atoms with Gasteiger partial charge in [0.1, 0.15) is 0 Å². The third kappa shape index (κ3) is 2.51. The van der Waals surface area contributed by atoms with Crippen LogP contribution in [0.1, 0.15) is 18.2 Å². The van der Waals surface area contributed by atoms with Gasteiger partial charge in [0.05, 0.1) is 11.9 Å². The third-order valence-corrected chi connectivity index (χ3v) is 2.98. The lowest BCUT2D eigenvalue weighted by Crippen LogP contribution is -2.08. The van der Waals surface area contributed by atoms with Gasteiger partial charge in [0.25, 0.3) is 0 Å². The van der Waals surface area contributed by atoms with Crippen LogP contribution < -0.4 is 5.32 Å². The number of halogens is 1. The second-order valence-electron chi connectivity index (χ2n) is 3.89. The summed E-state index contributed by atoms with van der Waals surface area (Å²) in [5.41, 5.74) is 3.53. The number of aromatic nitrogens is 2. The first-order valence-electron chi connectivity index (χ1n) is 5.72. The van der Waals surface area contributed by atoms with E-state index in [-0.39, 0.29) is 0 Å². The molecule has 2 aromatic rings. The summed E-state index contributed by atoms with van der Waals surface area (Å²) < 4.78 is 1.98. The minimum Gasteiger partial charge on any atom is -0.316 e. The Morgan fingerprint density at radius 1 is 1.29 bits per heavy atom. The average Bonchev–Trinajstić information content (AvgIpc) is 2.73. The summed E-state index contributed by atoms with van der Waals surface area (Å²) in [6.07, 6.45) is 2.88. The van der Waals surface area contributed by atoms with Crippen molar-refractivity contribution in [2.24, 2.45) is 0 Å². The number of hydrogen-bond donors (Lipinski definition) is 1. The molecule has 0 saturated carbocycles. The fraction of sp³-hybridized carbons (Fsp3) is 0.308. The predicted octanol–water partition coefficient (Wildman–Crippen LogP) is 2.81. The van der Waals surface area contributed by atoms with Gasteiger partial charge in [-0.15, -0.1) is 0 Å². The van der Waals surface area contributed by atoms with Gasteiger partial charge in [-0.3, -0.25) is 0 Å². The number of rotatable bonds is 4. The molecule has 1 aromatic carbocycles. The van der Waals surface area contributed by atoms with E-state index in [9.17, 15) is 0 Å². The zero-order valence-corrected chi connectivity index (χ0v) is 10.8. The summed E-state index contributed by atoms with van der Waals surface area (Å²) in [6.45, 7) is 2.99. The van der Waals surface area contributed by atoms with Crippen LogP contribution in [0, 0.1) is 0 Å². The van der Waals surface area contributed by atoms with Gasteiger partial charge < -0.3 is 5.32 Å². The second kappa shape index (κ2) is 5.34.